The van der Waals surface area contributed by atoms with E-state index in [1.807, 2.05) is 0 Å². The third-order valence-corrected chi connectivity index (χ3v) is 5.31. The van der Waals surface area contributed by atoms with E-state index in [2.05, 4.69) is 16.0 Å². The predicted molar refractivity (Wildman–Crippen MR) is 124 cm³/mol. The third kappa shape index (κ3) is 5.66. The van der Waals surface area contributed by atoms with Crippen molar-refractivity contribution in [2.45, 2.75) is 13.0 Å². The smallest absolute Gasteiger partial charge is 0.255 e. The zero-order chi connectivity index (χ0) is 21.7. The van der Waals surface area contributed by atoms with Crippen LogP contribution in [0.4, 0.5) is 17.1 Å². The summed E-state index contributed by atoms with van der Waals surface area (Å²) in [6, 6.07) is 18.2. The Morgan fingerprint density at radius 3 is 2.10 bits per heavy atom. The minimum absolute atomic E-state index is 0.237. The molecular formula is C22H18Cl3N3O2. The Morgan fingerprint density at radius 2 is 1.43 bits per heavy atom. The molecule has 3 N–H and O–H groups in total. The van der Waals surface area contributed by atoms with Gasteiger partial charge in [0.1, 0.15) is 6.04 Å². The predicted octanol–water partition coefficient (Wildman–Crippen LogP) is 6.34. The van der Waals surface area contributed by atoms with E-state index in [0.29, 0.717) is 32.0 Å². The molecule has 0 bridgehead atoms. The second-order valence-corrected chi connectivity index (χ2v) is 7.72. The molecule has 30 heavy (non-hydrogen) atoms. The number of carbonyl (C=O) groups is 2. The van der Waals surface area contributed by atoms with Gasteiger partial charge in [-0.05, 0) is 67.6 Å². The Labute approximate surface area is 189 Å². The lowest BCUT2D eigenvalue weighted by Gasteiger charge is -2.16. The number of carbonyl (C=O) groups excluding carboxylic acids is 2. The van der Waals surface area contributed by atoms with Crippen molar-refractivity contribution in [3.8, 4) is 0 Å². The maximum Gasteiger partial charge on any atom is 0.255 e. The Bertz CT molecular complexity index is 1050. The van der Waals surface area contributed by atoms with Crippen LogP contribution in [0.5, 0.6) is 0 Å². The van der Waals surface area contributed by atoms with Crippen molar-refractivity contribution in [1.82, 2.24) is 0 Å². The first kappa shape index (κ1) is 22.0. The van der Waals surface area contributed by atoms with E-state index in [-0.39, 0.29) is 11.8 Å². The fourth-order valence-electron chi connectivity index (χ4n) is 2.61. The molecule has 5 nitrogen and oxygen atoms in total. The molecule has 3 aromatic rings. The summed E-state index contributed by atoms with van der Waals surface area (Å²) in [6.07, 6.45) is 0. The highest BCUT2D eigenvalue weighted by molar-refractivity contribution is 6.44. The lowest BCUT2D eigenvalue weighted by molar-refractivity contribution is -0.116. The van der Waals surface area contributed by atoms with Gasteiger partial charge in [-0.1, -0.05) is 40.9 Å². The summed E-state index contributed by atoms with van der Waals surface area (Å²) in [4.78, 5) is 24.7. The van der Waals surface area contributed by atoms with Gasteiger partial charge in [0, 0.05) is 22.0 Å². The first-order valence-corrected chi connectivity index (χ1v) is 10.2. The summed E-state index contributed by atoms with van der Waals surface area (Å²) in [5.41, 5.74) is 2.30. The van der Waals surface area contributed by atoms with Crippen molar-refractivity contribution in [2.24, 2.45) is 0 Å². The van der Waals surface area contributed by atoms with Gasteiger partial charge in [0.2, 0.25) is 5.91 Å². The molecule has 2 amide bonds. The molecule has 0 fully saturated rings. The van der Waals surface area contributed by atoms with Crippen molar-refractivity contribution in [3.05, 3.63) is 87.4 Å². The Kier molecular flexibility index (Phi) is 7.21. The second kappa shape index (κ2) is 9.85. The number of nitrogens with one attached hydrogen (secondary N) is 3. The zero-order valence-corrected chi connectivity index (χ0v) is 18.1. The van der Waals surface area contributed by atoms with E-state index in [1.165, 1.54) is 0 Å². The molecule has 0 spiro atoms. The van der Waals surface area contributed by atoms with Crippen LogP contribution in [0, 0.1) is 0 Å². The van der Waals surface area contributed by atoms with E-state index in [4.69, 9.17) is 34.8 Å². The number of amides is 2. The molecule has 3 rings (SSSR count). The number of benzene rings is 3. The lowest BCUT2D eigenvalue weighted by atomic mass is 10.2. The third-order valence-electron chi connectivity index (χ3n) is 4.24. The highest BCUT2D eigenvalue weighted by Gasteiger charge is 2.15. The van der Waals surface area contributed by atoms with Gasteiger partial charge >= 0.3 is 0 Å². The normalized spacial score (nSPS) is 11.5. The average molecular weight is 463 g/mol. The monoisotopic (exact) mass is 461 g/mol. The SMILES string of the molecule is CC(Nc1ccc(NC(=O)c2ccc(Cl)cc2)cc1)C(=O)Nc1cccc(Cl)c1Cl. The minimum Gasteiger partial charge on any atom is -0.374 e. The fraction of sp³-hybridized carbons (Fsp3) is 0.0909. The molecular weight excluding hydrogens is 445 g/mol. The largest absolute Gasteiger partial charge is 0.374 e. The molecule has 1 unspecified atom stereocenters. The van der Waals surface area contributed by atoms with Crippen molar-refractivity contribution >= 4 is 63.7 Å². The van der Waals surface area contributed by atoms with Crippen LogP contribution in [0.15, 0.2) is 66.7 Å². The molecule has 0 aromatic heterocycles. The minimum atomic E-state index is -0.533. The Hall–Kier alpha value is -2.73. The van der Waals surface area contributed by atoms with Crippen LogP contribution in [0.1, 0.15) is 17.3 Å². The van der Waals surface area contributed by atoms with Gasteiger partial charge in [-0.15, -0.1) is 0 Å². The van der Waals surface area contributed by atoms with Gasteiger partial charge in [-0.3, -0.25) is 9.59 Å². The van der Waals surface area contributed by atoms with Crippen LogP contribution in [0.3, 0.4) is 0 Å². The van der Waals surface area contributed by atoms with Crippen LogP contribution < -0.4 is 16.0 Å². The molecule has 0 aliphatic rings. The van der Waals surface area contributed by atoms with Gasteiger partial charge in [-0.2, -0.15) is 0 Å². The summed E-state index contributed by atoms with van der Waals surface area (Å²) in [6.45, 7) is 1.73. The molecule has 8 heteroatoms. The van der Waals surface area contributed by atoms with Crippen molar-refractivity contribution in [2.75, 3.05) is 16.0 Å². The number of rotatable bonds is 6. The van der Waals surface area contributed by atoms with Gasteiger partial charge in [0.25, 0.3) is 5.91 Å². The molecule has 0 aliphatic carbocycles. The number of hydrogen-bond acceptors (Lipinski definition) is 3. The molecule has 154 valence electrons. The number of anilines is 3. The summed E-state index contributed by atoms with van der Waals surface area (Å²) in [5.74, 6) is -0.502. The quantitative estimate of drug-likeness (QED) is 0.400. The Balaban J connectivity index is 1.58. The summed E-state index contributed by atoms with van der Waals surface area (Å²) >= 11 is 17.9. The maximum atomic E-state index is 12.4. The van der Waals surface area contributed by atoms with Gasteiger partial charge in [0.15, 0.2) is 0 Å². The first-order chi connectivity index (χ1) is 14.3. The van der Waals surface area contributed by atoms with Crippen LogP contribution in [0.25, 0.3) is 0 Å². The fourth-order valence-corrected chi connectivity index (χ4v) is 3.08. The molecule has 0 heterocycles. The van der Waals surface area contributed by atoms with Crippen LogP contribution in [0.2, 0.25) is 15.1 Å². The van der Waals surface area contributed by atoms with E-state index in [1.54, 1.807) is 73.7 Å². The van der Waals surface area contributed by atoms with Crippen molar-refractivity contribution in [3.63, 3.8) is 0 Å². The van der Waals surface area contributed by atoms with E-state index in [9.17, 15) is 9.59 Å². The van der Waals surface area contributed by atoms with Crippen LogP contribution in [-0.2, 0) is 4.79 Å². The number of hydrogen-bond donors (Lipinski definition) is 3. The van der Waals surface area contributed by atoms with Gasteiger partial charge in [0.05, 0.1) is 15.7 Å². The highest BCUT2D eigenvalue weighted by Crippen LogP contribution is 2.29. The van der Waals surface area contributed by atoms with E-state index >= 15 is 0 Å². The standard InChI is InChI=1S/C22H18Cl3N3O2/c1-13(21(29)28-19-4-2-3-18(24)20(19)25)26-16-9-11-17(12-10-16)27-22(30)14-5-7-15(23)8-6-14/h2-13,26H,1H3,(H,27,30)(H,28,29). The molecule has 3 aromatic carbocycles. The van der Waals surface area contributed by atoms with E-state index in [0.717, 1.165) is 5.69 Å². The average Bonchev–Trinajstić information content (AvgIpc) is 2.73. The Morgan fingerprint density at radius 1 is 0.800 bits per heavy atom. The summed E-state index contributed by atoms with van der Waals surface area (Å²) in [7, 11) is 0. The van der Waals surface area contributed by atoms with E-state index < -0.39 is 6.04 Å². The van der Waals surface area contributed by atoms with Gasteiger partial charge in [-0.25, -0.2) is 0 Å². The molecule has 0 radical (unpaired) electrons. The molecule has 0 aliphatic heterocycles. The first-order valence-electron chi connectivity index (χ1n) is 9.02. The highest BCUT2D eigenvalue weighted by atomic mass is 35.5. The molecule has 0 saturated heterocycles. The lowest BCUT2D eigenvalue weighted by Crippen LogP contribution is -2.31. The summed E-state index contributed by atoms with van der Waals surface area (Å²) in [5, 5.41) is 9.88. The maximum absolute atomic E-state index is 12.4. The molecule has 0 saturated carbocycles. The summed E-state index contributed by atoms with van der Waals surface area (Å²) < 4.78 is 0. The van der Waals surface area contributed by atoms with Crippen molar-refractivity contribution in [1.29, 1.82) is 0 Å². The topological polar surface area (TPSA) is 70.2 Å². The van der Waals surface area contributed by atoms with Crippen LogP contribution >= 0.6 is 34.8 Å². The van der Waals surface area contributed by atoms with Crippen LogP contribution in [-0.4, -0.2) is 17.9 Å². The molecule has 1 atom stereocenters. The zero-order valence-electron chi connectivity index (χ0n) is 15.9. The van der Waals surface area contributed by atoms with Crippen molar-refractivity contribution < 1.29 is 9.59 Å². The number of halogens is 3. The van der Waals surface area contributed by atoms with Gasteiger partial charge < -0.3 is 16.0 Å². The second-order valence-electron chi connectivity index (χ2n) is 6.50.